The van der Waals surface area contributed by atoms with Gasteiger partial charge in [-0.25, -0.2) is 4.79 Å². The van der Waals surface area contributed by atoms with Crippen molar-refractivity contribution < 1.29 is 19.4 Å². The maximum Gasteiger partial charge on any atom is 0.326 e. The van der Waals surface area contributed by atoms with Gasteiger partial charge in [-0.1, -0.05) is 19.9 Å². The molecule has 1 heterocycles. The van der Waals surface area contributed by atoms with Gasteiger partial charge in [0.2, 0.25) is 0 Å². The number of carbonyl (C=O) groups is 2. The Balaban J connectivity index is 2.53. The van der Waals surface area contributed by atoms with Crippen molar-refractivity contribution in [1.29, 1.82) is 0 Å². The van der Waals surface area contributed by atoms with Crippen molar-refractivity contribution in [3.8, 4) is 5.75 Å². The molecule has 2 atom stereocenters. The number of benzene rings is 1. The highest BCUT2D eigenvalue weighted by atomic mass is 16.5. The van der Waals surface area contributed by atoms with E-state index < -0.39 is 18.1 Å². The molecule has 0 bridgehead atoms. The van der Waals surface area contributed by atoms with Crippen molar-refractivity contribution in [2.75, 3.05) is 4.90 Å². The van der Waals surface area contributed by atoms with E-state index in [-0.39, 0.29) is 11.8 Å². The van der Waals surface area contributed by atoms with Gasteiger partial charge >= 0.3 is 5.97 Å². The van der Waals surface area contributed by atoms with Gasteiger partial charge in [-0.15, -0.1) is 0 Å². The molecule has 0 fully saturated rings. The standard InChI is InChI=1S/C15H19NO4/c1-8(2)13-14(17)16(10(4)15(18)19)11-6-5-9(3)7-12(11)20-13/h5-8,10,13H,1-4H3,(H,18,19). The monoisotopic (exact) mass is 277 g/mol. The number of ether oxygens (including phenoxy) is 1. The summed E-state index contributed by atoms with van der Waals surface area (Å²) in [5.74, 6) is -0.795. The van der Waals surface area contributed by atoms with Crippen LogP contribution in [0.5, 0.6) is 5.75 Å². The molecule has 0 saturated carbocycles. The first-order valence-electron chi connectivity index (χ1n) is 6.66. The first kappa shape index (κ1) is 14.4. The molecule has 1 aromatic rings. The van der Waals surface area contributed by atoms with Crippen LogP contribution in [0.25, 0.3) is 0 Å². The minimum Gasteiger partial charge on any atom is -0.480 e. The number of aliphatic carboxylic acids is 1. The third-order valence-electron chi connectivity index (χ3n) is 3.46. The van der Waals surface area contributed by atoms with Gasteiger partial charge in [-0.05, 0) is 37.5 Å². The van der Waals surface area contributed by atoms with Crippen LogP contribution in [0.4, 0.5) is 5.69 Å². The number of nitrogens with zero attached hydrogens (tertiary/aromatic N) is 1. The number of hydrogen-bond donors (Lipinski definition) is 1. The average molecular weight is 277 g/mol. The Morgan fingerprint density at radius 3 is 2.55 bits per heavy atom. The van der Waals surface area contributed by atoms with Gasteiger partial charge in [0.25, 0.3) is 5.91 Å². The Bertz CT molecular complexity index is 553. The van der Waals surface area contributed by atoms with Gasteiger partial charge < -0.3 is 9.84 Å². The number of carbonyl (C=O) groups excluding carboxylic acids is 1. The van der Waals surface area contributed by atoms with E-state index in [9.17, 15) is 14.7 Å². The summed E-state index contributed by atoms with van der Waals surface area (Å²) < 4.78 is 5.76. The van der Waals surface area contributed by atoms with Crippen LogP contribution in [-0.2, 0) is 9.59 Å². The number of anilines is 1. The average Bonchev–Trinajstić information content (AvgIpc) is 2.37. The van der Waals surface area contributed by atoms with Crippen LogP contribution in [0.1, 0.15) is 26.3 Å². The van der Waals surface area contributed by atoms with Gasteiger partial charge in [0, 0.05) is 0 Å². The van der Waals surface area contributed by atoms with Crippen LogP contribution in [0, 0.1) is 12.8 Å². The Hall–Kier alpha value is -2.04. The van der Waals surface area contributed by atoms with Crippen LogP contribution in [0.3, 0.4) is 0 Å². The molecule has 1 aliphatic rings. The van der Waals surface area contributed by atoms with Crippen molar-refractivity contribution in [3.05, 3.63) is 23.8 Å². The van der Waals surface area contributed by atoms with Crippen molar-refractivity contribution in [2.24, 2.45) is 5.92 Å². The molecule has 2 unspecified atom stereocenters. The van der Waals surface area contributed by atoms with E-state index in [2.05, 4.69) is 0 Å². The van der Waals surface area contributed by atoms with Crippen molar-refractivity contribution in [2.45, 2.75) is 39.8 Å². The second-order valence-electron chi connectivity index (χ2n) is 5.48. The second kappa shape index (κ2) is 5.15. The fourth-order valence-electron chi connectivity index (χ4n) is 2.29. The van der Waals surface area contributed by atoms with E-state index in [4.69, 9.17) is 4.74 Å². The Morgan fingerprint density at radius 1 is 1.35 bits per heavy atom. The van der Waals surface area contributed by atoms with E-state index in [1.54, 1.807) is 6.07 Å². The van der Waals surface area contributed by atoms with Crippen LogP contribution in [0.15, 0.2) is 18.2 Å². The molecule has 0 aromatic heterocycles. The number of carboxylic acids is 1. The second-order valence-corrected chi connectivity index (χ2v) is 5.48. The Labute approximate surface area is 118 Å². The predicted octanol–water partition coefficient (Wildman–Crippen LogP) is 2.22. The van der Waals surface area contributed by atoms with Gasteiger partial charge in [-0.3, -0.25) is 9.69 Å². The van der Waals surface area contributed by atoms with Gasteiger partial charge in [0.1, 0.15) is 11.8 Å². The van der Waals surface area contributed by atoms with E-state index >= 15 is 0 Å². The Kier molecular flexibility index (Phi) is 3.70. The summed E-state index contributed by atoms with van der Waals surface area (Å²) in [6.07, 6.45) is -0.647. The molecule has 1 N–H and O–H groups in total. The maximum absolute atomic E-state index is 12.5. The number of aryl methyl sites for hydroxylation is 1. The molecule has 1 amide bonds. The fourth-order valence-corrected chi connectivity index (χ4v) is 2.29. The topological polar surface area (TPSA) is 66.8 Å². The first-order valence-corrected chi connectivity index (χ1v) is 6.66. The molecule has 0 radical (unpaired) electrons. The molecular formula is C15H19NO4. The van der Waals surface area contributed by atoms with Crippen LogP contribution in [-0.4, -0.2) is 29.1 Å². The summed E-state index contributed by atoms with van der Waals surface area (Å²) in [6.45, 7) is 7.20. The number of amides is 1. The quantitative estimate of drug-likeness (QED) is 0.920. The van der Waals surface area contributed by atoms with E-state index in [1.165, 1.54) is 11.8 Å². The molecule has 0 saturated heterocycles. The number of carboxylic acid groups (broad SMARTS) is 1. The van der Waals surface area contributed by atoms with E-state index in [0.717, 1.165) is 5.56 Å². The molecule has 5 heteroatoms. The highest BCUT2D eigenvalue weighted by molar-refractivity contribution is 6.04. The number of fused-ring (bicyclic) bond motifs is 1. The first-order chi connectivity index (χ1) is 9.32. The number of rotatable bonds is 3. The Morgan fingerprint density at radius 2 is 2.00 bits per heavy atom. The SMILES string of the molecule is Cc1ccc2c(c1)OC(C(C)C)C(=O)N2C(C)C(=O)O. The van der Waals surface area contributed by atoms with Crippen molar-refractivity contribution in [1.82, 2.24) is 0 Å². The molecule has 0 spiro atoms. The third-order valence-corrected chi connectivity index (χ3v) is 3.46. The van der Waals surface area contributed by atoms with Crippen LogP contribution in [0.2, 0.25) is 0 Å². The van der Waals surface area contributed by atoms with E-state index in [1.807, 2.05) is 32.9 Å². The zero-order valence-electron chi connectivity index (χ0n) is 12.1. The van der Waals surface area contributed by atoms with Crippen molar-refractivity contribution >= 4 is 17.6 Å². The summed E-state index contributed by atoms with van der Waals surface area (Å²) in [6, 6.07) is 4.48. The molecular weight excluding hydrogens is 258 g/mol. The zero-order chi connectivity index (χ0) is 15.0. The van der Waals surface area contributed by atoms with Crippen LogP contribution < -0.4 is 9.64 Å². The maximum atomic E-state index is 12.5. The van der Waals surface area contributed by atoms with Gasteiger partial charge in [0.05, 0.1) is 5.69 Å². The van der Waals surface area contributed by atoms with E-state index in [0.29, 0.717) is 11.4 Å². The summed E-state index contributed by atoms with van der Waals surface area (Å²) in [7, 11) is 0. The zero-order valence-corrected chi connectivity index (χ0v) is 12.1. The highest BCUT2D eigenvalue weighted by Gasteiger charge is 2.40. The molecule has 108 valence electrons. The van der Waals surface area contributed by atoms with Gasteiger partial charge in [0.15, 0.2) is 6.10 Å². The lowest BCUT2D eigenvalue weighted by atomic mass is 10.0. The normalized spacial score (nSPS) is 19.6. The predicted molar refractivity (Wildman–Crippen MR) is 75.0 cm³/mol. The summed E-state index contributed by atoms with van der Waals surface area (Å²) in [5, 5.41) is 9.22. The fraction of sp³-hybridized carbons (Fsp3) is 0.467. The summed E-state index contributed by atoms with van der Waals surface area (Å²) in [5.41, 5.74) is 1.52. The molecule has 20 heavy (non-hydrogen) atoms. The lowest BCUT2D eigenvalue weighted by Gasteiger charge is -2.38. The molecule has 1 aliphatic heterocycles. The van der Waals surface area contributed by atoms with Crippen LogP contribution >= 0.6 is 0 Å². The summed E-state index contributed by atoms with van der Waals surface area (Å²) in [4.78, 5) is 25.1. The lowest BCUT2D eigenvalue weighted by Crippen LogP contribution is -2.54. The minimum atomic E-state index is -1.03. The smallest absolute Gasteiger partial charge is 0.326 e. The number of hydrogen-bond acceptors (Lipinski definition) is 3. The minimum absolute atomic E-state index is 0.0281. The highest BCUT2D eigenvalue weighted by Crippen LogP contribution is 2.37. The molecule has 5 nitrogen and oxygen atoms in total. The molecule has 2 rings (SSSR count). The summed E-state index contributed by atoms with van der Waals surface area (Å²) >= 11 is 0. The third kappa shape index (κ3) is 2.35. The molecule has 1 aromatic carbocycles. The molecule has 0 aliphatic carbocycles. The lowest BCUT2D eigenvalue weighted by molar-refractivity contribution is -0.141. The van der Waals surface area contributed by atoms with Crippen molar-refractivity contribution in [3.63, 3.8) is 0 Å². The largest absolute Gasteiger partial charge is 0.480 e. The van der Waals surface area contributed by atoms with Gasteiger partial charge in [-0.2, -0.15) is 0 Å².